The molecule has 0 fully saturated rings. The van der Waals surface area contributed by atoms with Gasteiger partial charge in [0.1, 0.15) is 11.3 Å². The van der Waals surface area contributed by atoms with E-state index in [0.29, 0.717) is 11.3 Å². The Morgan fingerprint density at radius 2 is 2.00 bits per heavy atom. The van der Waals surface area contributed by atoms with Crippen LogP contribution in [-0.4, -0.2) is 18.2 Å². The third-order valence-corrected chi connectivity index (χ3v) is 4.48. The van der Waals surface area contributed by atoms with Crippen LogP contribution in [0.2, 0.25) is 0 Å². The fraction of sp³-hybridized carbons (Fsp3) is 0.474. The quantitative estimate of drug-likeness (QED) is 0.621. The topological polar surface area (TPSA) is 65.7 Å². The van der Waals surface area contributed by atoms with E-state index in [1.165, 1.54) is 0 Å². The van der Waals surface area contributed by atoms with Gasteiger partial charge in [0.15, 0.2) is 6.10 Å². The van der Waals surface area contributed by atoms with Gasteiger partial charge >= 0.3 is 11.6 Å². The zero-order valence-electron chi connectivity index (χ0n) is 14.3. The van der Waals surface area contributed by atoms with Crippen molar-refractivity contribution in [1.82, 2.24) is 0 Å². The van der Waals surface area contributed by atoms with Crippen LogP contribution in [0.1, 0.15) is 44.7 Å². The summed E-state index contributed by atoms with van der Waals surface area (Å²) in [4.78, 5) is 24.0. The van der Waals surface area contributed by atoms with Crippen molar-refractivity contribution in [3.05, 3.63) is 39.7 Å². The maximum absolute atomic E-state index is 12.0. The minimum Gasteiger partial charge on any atom is -0.479 e. The van der Waals surface area contributed by atoms with Crippen LogP contribution in [0.5, 0.6) is 5.75 Å². The average molecular weight is 330 g/mol. The van der Waals surface area contributed by atoms with Gasteiger partial charge in [-0.25, -0.2) is 9.59 Å². The fourth-order valence-electron chi connectivity index (χ4n) is 2.97. The molecule has 0 saturated carbocycles. The van der Waals surface area contributed by atoms with Crippen molar-refractivity contribution in [3.8, 4) is 5.75 Å². The third kappa shape index (κ3) is 3.16. The van der Waals surface area contributed by atoms with Crippen LogP contribution in [-0.2, 0) is 22.4 Å². The molecule has 0 N–H and O–H groups in total. The van der Waals surface area contributed by atoms with E-state index < -0.39 is 12.1 Å². The van der Waals surface area contributed by atoms with Gasteiger partial charge < -0.3 is 13.9 Å². The van der Waals surface area contributed by atoms with Gasteiger partial charge in [0, 0.05) is 17.0 Å². The maximum atomic E-state index is 12.0. The molecule has 0 aliphatic heterocycles. The van der Waals surface area contributed by atoms with Crippen LogP contribution in [0, 0.1) is 0 Å². The van der Waals surface area contributed by atoms with Crippen LogP contribution >= 0.6 is 0 Å². The van der Waals surface area contributed by atoms with Crippen molar-refractivity contribution in [2.24, 2.45) is 0 Å². The predicted molar refractivity (Wildman–Crippen MR) is 90.4 cm³/mol. The highest BCUT2D eigenvalue weighted by Gasteiger charge is 2.21. The molecule has 128 valence electrons. The van der Waals surface area contributed by atoms with Crippen LogP contribution in [0.15, 0.2) is 27.4 Å². The Morgan fingerprint density at radius 3 is 2.75 bits per heavy atom. The maximum Gasteiger partial charge on any atom is 0.347 e. The Hall–Kier alpha value is -2.30. The molecule has 1 heterocycles. The number of carbonyl (C=O) groups is 1. The summed E-state index contributed by atoms with van der Waals surface area (Å²) in [7, 11) is 0. The van der Waals surface area contributed by atoms with Crippen LogP contribution in [0.4, 0.5) is 0 Å². The number of rotatable bonds is 5. The number of esters is 1. The van der Waals surface area contributed by atoms with E-state index in [1.807, 2.05) is 19.9 Å². The third-order valence-electron chi connectivity index (χ3n) is 4.48. The summed E-state index contributed by atoms with van der Waals surface area (Å²) in [6.07, 6.45) is 2.55. The van der Waals surface area contributed by atoms with Crippen LogP contribution < -0.4 is 10.4 Å². The minimum absolute atomic E-state index is 0.138. The molecule has 2 unspecified atom stereocenters. The molecule has 3 rings (SSSR count). The van der Waals surface area contributed by atoms with E-state index in [0.717, 1.165) is 42.2 Å². The first-order valence-electron chi connectivity index (χ1n) is 8.45. The van der Waals surface area contributed by atoms with Crippen molar-refractivity contribution >= 4 is 16.9 Å². The van der Waals surface area contributed by atoms with Gasteiger partial charge in [-0.2, -0.15) is 0 Å². The SMILES string of the molecule is CCC(C)OC(=O)C(C)Oc1ccc2c3c(c(=O)oc2c1)CCC3. The van der Waals surface area contributed by atoms with E-state index >= 15 is 0 Å². The Bertz CT molecular complexity index is 820. The molecule has 5 nitrogen and oxygen atoms in total. The van der Waals surface area contributed by atoms with Gasteiger partial charge in [0.05, 0.1) is 6.10 Å². The highest BCUT2D eigenvalue weighted by molar-refractivity contribution is 5.83. The number of hydrogen-bond acceptors (Lipinski definition) is 5. The number of aryl methyl sites for hydroxylation is 1. The normalized spacial score (nSPS) is 15.8. The standard InChI is InChI=1S/C19H22O5/c1-4-11(2)22-18(20)12(3)23-13-8-9-15-14-6-5-7-16(14)19(21)24-17(15)10-13/h8-12H,4-7H2,1-3H3. The van der Waals surface area contributed by atoms with E-state index in [1.54, 1.807) is 19.1 Å². The average Bonchev–Trinajstić information content (AvgIpc) is 3.05. The van der Waals surface area contributed by atoms with Crippen LogP contribution in [0.3, 0.4) is 0 Å². The molecule has 2 atom stereocenters. The van der Waals surface area contributed by atoms with E-state index in [9.17, 15) is 9.59 Å². The van der Waals surface area contributed by atoms with Gasteiger partial charge in [-0.3, -0.25) is 0 Å². The summed E-state index contributed by atoms with van der Waals surface area (Å²) in [6.45, 7) is 5.44. The molecule has 1 aromatic carbocycles. The summed E-state index contributed by atoms with van der Waals surface area (Å²) in [5, 5.41) is 0.948. The Kier molecular flexibility index (Phi) is 4.60. The molecular weight excluding hydrogens is 308 g/mol. The van der Waals surface area contributed by atoms with Gasteiger partial charge in [-0.15, -0.1) is 0 Å². The molecular formula is C19H22O5. The van der Waals surface area contributed by atoms with Crippen LogP contribution in [0.25, 0.3) is 11.0 Å². The van der Waals surface area contributed by atoms with E-state index in [2.05, 4.69) is 0 Å². The molecule has 0 radical (unpaired) electrons. The Morgan fingerprint density at radius 1 is 1.25 bits per heavy atom. The largest absolute Gasteiger partial charge is 0.479 e. The van der Waals surface area contributed by atoms with E-state index in [-0.39, 0.29) is 11.7 Å². The molecule has 0 amide bonds. The van der Waals surface area contributed by atoms with Gasteiger partial charge in [0.2, 0.25) is 0 Å². The number of hydrogen-bond donors (Lipinski definition) is 0. The first kappa shape index (κ1) is 16.6. The second kappa shape index (κ2) is 6.67. The molecule has 2 aromatic rings. The highest BCUT2D eigenvalue weighted by Crippen LogP contribution is 2.29. The summed E-state index contributed by atoms with van der Waals surface area (Å²) >= 11 is 0. The fourth-order valence-corrected chi connectivity index (χ4v) is 2.97. The number of benzene rings is 1. The van der Waals surface area contributed by atoms with Crippen molar-refractivity contribution in [2.45, 2.75) is 58.7 Å². The summed E-state index contributed by atoms with van der Waals surface area (Å²) in [6, 6.07) is 5.36. The second-order valence-corrected chi connectivity index (χ2v) is 6.27. The Labute approximate surface area is 140 Å². The molecule has 1 aromatic heterocycles. The first-order chi connectivity index (χ1) is 11.5. The highest BCUT2D eigenvalue weighted by atomic mass is 16.6. The summed E-state index contributed by atoms with van der Waals surface area (Å²) < 4.78 is 16.3. The zero-order chi connectivity index (χ0) is 17.3. The molecule has 1 aliphatic rings. The van der Waals surface area contributed by atoms with E-state index in [4.69, 9.17) is 13.9 Å². The van der Waals surface area contributed by atoms with Crippen molar-refractivity contribution in [1.29, 1.82) is 0 Å². The number of carbonyl (C=O) groups excluding carboxylic acids is 1. The predicted octanol–water partition coefficient (Wildman–Crippen LogP) is 3.39. The molecule has 0 spiro atoms. The minimum atomic E-state index is -0.724. The number of ether oxygens (including phenoxy) is 2. The van der Waals surface area contributed by atoms with Gasteiger partial charge in [-0.05, 0) is 57.2 Å². The summed E-state index contributed by atoms with van der Waals surface area (Å²) in [5.41, 5.74) is 2.11. The lowest BCUT2D eigenvalue weighted by molar-refractivity contribution is -0.155. The second-order valence-electron chi connectivity index (χ2n) is 6.27. The van der Waals surface area contributed by atoms with Crippen molar-refractivity contribution in [2.75, 3.05) is 0 Å². The lowest BCUT2D eigenvalue weighted by Gasteiger charge is -2.17. The summed E-state index contributed by atoms with van der Waals surface area (Å²) in [5.74, 6) is 0.0806. The smallest absolute Gasteiger partial charge is 0.347 e. The molecule has 0 bridgehead atoms. The number of fused-ring (bicyclic) bond motifs is 3. The molecule has 0 saturated heterocycles. The first-order valence-corrected chi connectivity index (χ1v) is 8.45. The molecule has 1 aliphatic carbocycles. The zero-order valence-corrected chi connectivity index (χ0v) is 14.3. The molecule has 24 heavy (non-hydrogen) atoms. The molecule has 5 heteroatoms. The van der Waals surface area contributed by atoms with Crippen molar-refractivity contribution < 1.29 is 18.7 Å². The lowest BCUT2D eigenvalue weighted by atomic mass is 10.1. The van der Waals surface area contributed by atoms with Crippen molar-refractivity contribution in [3.63, 3.8) is 0 Å². The Balaban J connectivity index is 1.83. The lowest BCUT2D eigenvalue weighted by Crippen LogP contribution is -2.29. The monoisotopic (exact) mass is 330 g/mol. The van der Waals surface area contributed by atoms with Gasteiger partial charge in [0.25, 0.3) is 0 Å². The van der Waals surface area contributed by atoms with Gasteiger partial charge in [-0.1, -0.05) is 6.92 Å².